The van der Waals surface area contributed by atoms with E-state index in [9.17, 15) is 9.59 Å². The zero-order valence-electron chi connectivity index (χ0n) is 16.0. The third kappa shape index (κ3) is 2.96. The number of hydrogen-bond acceptors (Lipinski definition) is 4. The van der Waals surface area contributed by atoms with Gasteiger partial charge in [0.15, 0.2) is 0 Å². The molecule has 0 spiro atoms. The number of methoxy groups -OCH3 is 1. The van der Waals surface area contributed by atoms with Crippen LogP contribution in [0.15, 0.2) is 64.9 Å². The van der Waals surface area contributed by atoms with Gasteiger partial charge in [-0.05, 0) is 40.9 Å². The molecule has 1 aliphatic rings. The molecule has 0 unspecified atom stereocenters. The molecule has 29 heavy (non-hydrogen) atoms. The van der Waals surface area contributed by atoms with E-state index in [0.29, 0.717) is 29.7 Å². The Morgan fingerprint density at radius 3 is 2.76 bits per heavy atom. The molecule has 1 aliphatic heterocycles. The van der Waals surface area contributed by atoms with Crippen molar-refractivity contribution in [3.05, 3.63) is 76.0 Å². The van der Waals surface area contributed by atoms with E-state index in [1.54, 1.807) is 35.1 Å². The van der Waals surface area contributed by atoms with Crippen LogP contribution < -0.4 is 5.56 Å². The Morgan fingerprint density at radius 1 is 1.17 bits per heavy atom. The highest BCUT2D eigenvalue weighted by molar-refractivity contribution is 7.18. The molecule has 0 bridgehead atoms. The van der Waals surface area contributed by atoms with E-state index in [1.807, 2.05) is 52.7 Å². The molecule has 5 nitrogen and oxygen atoms in total. The van der Waals surface area contributed by atoms with E-state index in [0.717, 1.165) is 22.1 Å². The van der Waals surface area contributed by atoms with Gasteiger partial charge in [-0.1, -0.05) is 30.3 Å². The predicted octanol–water partition coefficient (Wildman–Crippen LogP) is 4.04. The number of rotatable bonds is 3. The number of nitrogens with zero attached hydrogens (tertiary/aromatic N) is 2. The van der Waals surface area contributed by atoms with Crippen LogP contribution in [-0.4, -0.2) is 41.5 Å². The maximum Gasteiger partial charge on any atom is 0.263 e. The quantitative estimate of drug-likeness (QED) is 0.518. The van der Waals surface area contributed by atoms with Crippen molar-refractivity contribution in [1.29, 1.82) is 0 Å². The average Bonchev–Trinajstić information content (AvgIpc) is 3.43. The number of hydrogen-bond donors (Lipinski definition) is 0. The lowest BCUT2D eigenvalue weighted by Crippen LogP contribution is -2.31. The van der Waals surface area contributed by atoms with E-state index in [-0.39, 0.29) is 17.6 Å². The Balaban J connectivity index is 1.78. The minimum atomic E-state index is -0.116. The standard InChI is InChI=1S/C23H20N2O3S/c1-28-17-8-10-24(14-17)22(26)19-13-18(15-5-3-2-4-6-15)23(27)25-11-7-16-9-12-29-21(16)20(19)25/h2-7,9,11-13,17H,8,10,14H2,1H3/t17-/m1/s1. The van der Waals surface area contributed by atoms with Gasteiger partial charge in [-0.25, -0.2) is 0 Å². The molecule has 6 heteroatoms. The van der Waals surface area contributed by atoms with Gasteiger partial charge in [0.1, 0.15) is 0 Å². The lowest BCUT2D eigenvalue weighted by Gasteiger charge is -2.19. The topological polar surface area (TPSA) is 51.0 Å². The fourth-order valence-corrected chi connectivity index (χ4v) is 5.01. The summed E-state index contributed by atoms with van der Waals surface area (Å²) in [5.41, 5.74) is 2.48. The smallest absolute Gasteiger partial charge is 0.263 e. The fraction of sp³-hybridized carbons (Fsp3) is 0.217. The summed E-state index contributed by atoms with van der Waals surface area (Å²) in [7, 11) is 1.68. The van der Waals surface area contributed by atoms with Gasteiger partial charge in [0.05, 0.1) is 21.9 Å². The van der Waals surface area contributed by atoms with E-state index in [2.05, 4.69) is 0 Å². The van der Waals surface area contributed by atoms with Crippen molar-refractivity contribution in [2.24, 2.45) is 0 Å². The highest BCUT2D eigenvalue weighted by Crippen LogP contribution is 2.30. The summed E-state index contributed by atoms with van der Waals surface area (Å²) in [5, 5.41) is 3.03. The van der Waals surface area contributed by atoms with Crippen molar-refractivity contribution in [1.82, 2.24) is 9.30 Å². The molecule has 4 heterocycles. The van der Waals surface area contributed by atoms with Crippen LogP contribution in [0.4, 0.5) is 0 Å². The molecule has 0 N–H and O–H groups in total. The number of pyridine rings is 2. The summed E-state index contributed by atoms with van der Waals surface area (Å²) in [6.07, 6.45) is 2.66. The lowest BCUT2D eigenvalue weighted by molar-refractivity contribution is 0.0725. The fourth-order valence-electron chi connectivity index (χ4n) is 4.07. The third-order valence-corrected chi connectivity index (χ3v) is 6.57. The number of likely N-dealkylation sites (tertiary alicyclic amines) is 1. The van der Waals surface area contributed by atoms with Crippen LogP contribution in [0.25, 0.3) is 26.7 Å². The van der Waals surface area contributed by atoms with Gasteiger partial charge in [0.25, 0.3) is 11.5 Å². The number of fused-ring (bicyclic) bond motifs is 3. The summed E-state index contributed by atoms with van der Waals surface area (Å²) in [5.74, 6) is -0.0554. The number of carbonyl (C=O) groups is 1. The van der Waals surface area contributed by atoms with Gasteiger partial charge in [-0.3, -0.25) is 14.0 Å². The second-order valence-corrected chi connectivity index (χ2v) is 8.20. The Hall–Kier alpha value is -2.96. The van der Waals surface area contributed by atoms with E-state index >= 15 is 0 Å². The van der Waals surface area contributed by atoms with Crippen molar-refractivity contribution in [2.45, 2.75) is 12.5 Å². The second kappa shape index (κ2) is 7.13. The van der Waals surface area contributed by atoms with Crippen molar-refractivity contribution in [3.63, 3.8) is 0 Å². The number of thiophene rings is 1. The molecule has 0 aliphatic carbocycles. The molecular formula is C23H20N2O3S. The molecule has 4 aromatic rings. The van der Waals surface area contributed by atoms with Crippen LogP contribution >= 0.6 is 11.3 Å². The van der Waals surface area contributed by atoms with Crippen LogP contribution in [0.3, 0.4) is 0 Å². The minimum Gasteiger partial charge on any atom is -0.380 e. The first-order valence-corrected chi connectivity index (χ1v) is 10.5. The van der Waals surface area contributed by atoms with Crippen molar-refractivity contribution < 1.29 is 9.53 Å². The van der Waals surface area contributed by atoms with Crippen LogP contribution in [0, 0.1) is 0 Å². The molecule has 1 fully saturated rings. The number of benzene rings is 1. The van der Waals surface area contributed by atoms with Gasteiger partial charge in [0.2, 0.25) is 0 Å². The normalized spacial score (nSPS) is 16.7. The van der Waals surface area contributed by atoms with Crippen molar-refractivity contribution in [3.8, 4) is 11.1 Å². The zero-order chi connectivity index (χ0) is 20.0. The van der Waals surface area contributed by atoms with Gasteiger partial charge < -0.3 is 9.64 Å². The molecule has 1 amide bonds. The Kier molecular flexibility index (Phi) is 4.45. The summed E-state index contributed by atoms with van der Waals surface area (Å²) in [6.45, 7) is 1.23. The van der Waals surface area contributed by atoms with Crippen molar-refractivity contribution >= 4 is 32.8 Å². The highest BCUT2D eigenvalue weighted by atomic mass is 32.1. The first-order chi connectivity index (χ1) is 14.2. The Labute approximate surface area is 171 Å². The maximum absolute atomic E-state index is 13.5. The van der Waals surface area contributed by atoms with E-state index in [1.165, 1.54) is 0 Å². The first kappa shape index (κ1) is 18.1. The van der Waals surface area contributed by atoms with E-state index in [4.69, 9.17) is 4.74 Å². The lowest BCUT2D eigenvalue weighted by atomic mass is 10.0. The minimum absolute atomic E-state index is 0.0554. The second-order valence-electron chi connectivity index (χ2n) is 7.28. The zero-order valence-corrected chi connectivity index (χ0v) is 16.8. The monoisotopic (exact) mass is 404 g/mol. The van der Waals surface area contributed by atoms with Crippen LogP contribution in [0.5, 0.6) is 0 Å². The Bertz CT molecular complexity index is 1280. The molecule has 1 aromatic carbocycles. The molecule has 0 saturated carbocycles. The molecule has 1 atom stereocenters. The number of ether oxygens (including phenoxy) is 1. The van der Waals surface area contributed by atoms with Gasteiger partial charge in [0, 0.05) is 32.0 Å². The average molecular weight is 404 g/mol. The number of amides is 1. The molecule has 146 valence electrons. The highest BCUT2D eigenvalue weighted by Gasteiger charge is 2.29. The van der Waals surface area contributed by atoms with Gasteiger partial charge >= 0.3 is 0 Å². The molecule has 5 rings (SSSR count). The van der Waals surface area contributed by atoms with Gasteiger partial charge in [-0.2, -0.15) is 0 Å². The Morgan fingerprint density at radius 2 is 2.00 bits per heavy atom. The predicted molar refractivity (Wildman–Crippen MR) is 116 cm³/mol. The van der Waals surface area contributed by atoms with E-state index < -0.39 is 0 Å². The molecule has 0 radical (unpaired) electrons. The summed E-state index contributed by atoms with van der Waals surface area (Å²) >= 11 is 1.55. The molecule has 1 saturated heterocycles. The maximum atomic E-state index is 13.5. The first-order valence-electron chi connectivity index (χ1n) is 9.60. The van der Waals surface area contributed by atoms with Crippen molar-refractivity contribution in [2.75, 3.05) is 20.2 Å². The SMILES string of the molecule is CO[C@@H]1CCN(C(=O)c2cc(-c3ccccc3)c(=O)n3ccc4ccsc4c23)C1. The molecular weight excluding hydrogens is 384 g/mol. The van der Waals surface area contributed by atoms with Gasteiger partial charge in [-0.15, -0.1) is 11.3 Å². The number of carbonyl (C=O) groups excluding carboxylic acids is 1. The summed E-state index contributed by atoms with van der Waals surface area (Å²) in [6, 6.07) is 15.2. The summed E-state index contributed by atoms with van der Waals surface area (Å²) < 4.78 is 8.01. The number of aromatic nitrogens is 1. The summed E-state index contributed by atoms with van der Waals surface area (Å²) in [4.78, 5) is 28.7. The third-order valence-electron chi connectivity index (χ3n) is 5.63. The van der Waals surface area contributed by atoms with Crippen LogP contribution in [-0.2, 0) is 4.74 Å². The molecule has 3 aromatic heterocycles. The largest absolute Gasteiger partial charge is 0.380 e. The van der Waals surface area contributed by atoms with Crippen LogP contribution in [0.2, 0.25) is 0 Å². The van der Waals surface area contributed by atoms with Crippen LogP contribution in [0.1, 0.15) is 16.8 Å².